The van der Waals surface area contributed by atoms with Gasteiger partial charge in [0.2, 0.25) is 10.0 Å². The lowest BCUT2D eigenvalue weighted by Crippen LogP contribution is -2.38. The van der Waals surface area contributed by atoms with Gasteiger partial charge in [0.05, 0.1) is 5.75 Å². The molecule has 0 aromatic heterocycles. The highest BCUT2D eigenvalue weighted by atomic mass is 32.2. The first kappa shape index (κ1) is 13.7. The minimum Gasteiger partial charge on any atom is -0.386 e. The van der Waals surface area contributed by atoms with Crippen molar-refractivity contribution >= 4 is 15.9 Å². The van der Waals surface area contributed by atoms with Crippen LogP contribution in [0.1, 0.15) is 24.9 Å². The molecule has 17 heavy (non-hydrogen) atoms. The molecule has 0 aliphatic rings. The molecule has 0 spiro atoms. The molecule has 0 saturated carbocycles. The van der Waals surface area contributed by atoms with Crippen LogP contribution in [0.2, 0.25) is 0 Å². The summed E-state index contributed by atoms with van der Waals surface area (Å²) in [6.07, 6.45) is 0.523. The molecule has 6 heteroatoms. The van der Waals surface area contributed by atoms with Gasteiger partial charge in [-0.2, -0.15) is 0 Å². The third kappa shape index (κ3) is 4.16. The van der Waals surface area contributed by atoms with E-state index in [1.54, 1.807) is 31.2 Å². The number of nitrogens with one attached hydrogen (secondary N) is 2. The third-order valence-electron chi connectivity index (χ3n) is 2.21. The van der Waals surface area contributed by atoms with E-state index in [2.05, 4.69) is 4.72 Å². The summed E-state index contributed by atoms with van der Waals surface area (Å²) in [5, 5.41) is 7.45. The molecule has 1 unspecified atom stereocenters. The van der Waals surface area contributed by atoms with E-state index in [0.29, 0.717) is 12.0 Å². The van der Waals surface area contributed by atoms with Crippen LogP contribution in [0.5, 0.6) is 0 Å². The van der Waals surface area contributed by atoms with Crippen molar-refractivity contribution in [3.8, 4) is 0 Å². The van der Waals surface area contributed by atoms with E-state index in [1.165, 1.54) is 0 Å². The van der Waals surface area contributed by atoms with Crippen molar-refractivity contribution in [1.82, 2.24) is 4.72 Å². The Balaban J connectivity index is 2.93. The van der Waals surface area contributed by atoms with Crippen LogP contribution in [0, 0.1) is 5.41 Å². The van der Waals surface area contributed by atoms with Gasteiger partial charge < -0.3 is 5.73 Å². The summed E-state index contributed by atoms with van der Waals surface area (Å²) < 4.78 is 25.7. The summed E-state index contributed by atoms with van der Waals surface area (Å²) >= 11 is 0. The van der Waals surface area contributed by atoms with Crippen molar-refractivity contribution in [1.29, 1.82) is 5.41 Å². The number of sulfonamides is 1. The van der Waals surface area contributed by atoms with Crippen molar-refractivity contribution in [3.63, 3.8) is 0 Å². The fourth-order valence-electron chi connectivity index (χ4n) is 1.46. The quantitative estimate of drug-likeness (QED) is 0.522. The molecule has 1 aromatic carbocycles. The molecule has 94 valence electrons. The normalized spacial score (nSPS) is 13.2. The second-order valence-electron chi connectivity index (χ2n) is 3.74. The van der Waals surface area contributed by atoms with Crippen molar-refractivity contribution in [2.75, 3.05) is 5.75 Å². The molecular formula is C11H17N3O2S. The Kier molecular flexibility index (Phi) is 4.65. The largest absolute Gasteiger partial charge is 0.386 e. The van der Waals surface area contributed by atoms with Gasteiger partial charge in [-0.15, -0.1) is 0 Å². The molecule has 5 nitrogen and oxygen atoms in total. The summed E-state index contributed by atoms with van der Waals surface area (Å²) in [4.78, 5) is 0. The van der Waals surface area contributed by atoms with Gasteiger partial charge in [0.1, 0.15) is 11.9 Å². The van der Waals surface area contributed by atoms with Crippen molar-refractivity contribution < 1.29 is 8.42 Å². The molecule has 0 saturated heterocycles. The van der Waals surface area contributed by atoms with Crippen LogP contribution in [0.4, 0.5) is 0 Å². The van der Waals surface area contributed by atoms with Crippen LogP contribution in [0.3, 0.4) is 0 Å². The molecule has 4 N–H and O–H groups in total. The van der Waals surface area contributed by atoms with Crippen LogP contribution in [0.25, 0.3) is 0 Å². The van der Waals surface area contributed by atoms with E-state index in [-0.39, 0.29) is 11.6 Å². The van der Waals surface area contributed by atoms with Crippen molar-refractivity contribution in [2.24, 2.45) is 5.73 Å². The van der Waals surface area contributed by atoms with Gasteiger partial charge in [-0.25, -0.2) is 13.1 Å². The van der Waals surface area contributed by atoms with Crippen LogP contribution in [-0.2, 0) is 10.0 Å². The van der Waals surface area contributed by atoms with E-state index in [0.717, 1.165) is 0 Å². The summed E-state index contributed by atoms with van der Waals surface area (Å²) in [6.45, 7) is 1.78. The molecule has 0 fully saturated rings. The zero-order valence-corrected chi connectivity index (χ0v) is 10.5. The van der Waals surface area contributed by atoms with Crippen LogP contribution < -0.4 is 10.5 Å². The number of hydrogen-bond acceptors (Lipinski definition) is 3. The first-order valence-electron chi connectivity index (χ1n) is 5.35. The summed E-state index contributed by atoms with van der Waals surface area (Å²) in [5.74, 6) is -0.181. The van der Waals surface area contributed by atoms with Crippen LogP contribution in [-0.4, -0.2) is 20.0 Å². The topological polar surface area (TPSA) is 96.0 Å². The first-order chi connectivity index (χ1) is 7.96. The molecule has 1 rings (SSSR count). The summed E-state index contributed by atoms with van der Waals surface area (Å²) in [5.41, 5.74) is 6.09. The Morgan fingerprint density at radius 1 is 1.41 bits per heavy atom. The zero-order valence-electron chi connectivity index (χ0n) is 9.68. The standard InChI is InChI=1S/C11H17N3O2S/c1-2-8-17(15,16)14-10(11(12)13)9-6-4-3-5-7-9/h3-7,10,14H,2,8H2,1H3,(H3,12,13). The lowest BCUT2D eigenvalue weighted by Gasteiger charge is -2.17. The Bertz CT molecular complexity index is 471. The van der Waals surface area contributed by atoms with Gasteiger partial charge in [0, 0.05) is 0 Å². The van der Waals surface area contributed by atoms with Crippen molar-refractivity contribution in [3.05, 3.63) is 35.9 Å². The highest BCUT2D eigenvalue weighted by molar-refractivity contribution is 7.89. The minimum atomic E-state index is -3.39. The van der Waals surface area contributed by atoms with Gasteiger partial charge in [-0.1, -0.05) is 37.3 Å². The highest BCUT2D eigenvalue weighted by Gasteiger charge is 2.20. The maximum Gasteiger partial charge on any atom is 0.212 e. The Morgan fingerprint density at radius 3 is 2.47 bits per heavy atom. The van der Waals surface area contributed by atoms with Crippen molar-refractivity contribution in [2.45, 2.75) is 19.4 Å². The molecule has 0 aliphatic carbocycles. The van der Waals surface area contributed by atoms with E-state index in [1.807, 2.05) is 6.07 Å². The Morgan fingerprint density at radius 2 is 2.00 bits per heavy atom. The van der Waals surface area contributed by atoms with Gasteiger partial charge in [0.25, 0.3) is 0 Å². The van der Waals surface area contributed by atoms with Gasteiger partial charge >= 0.3 is 0 Å². The predicted octanol–water partition coefficient (Wildman–Crippen LogP) is 0.993. The molecule has 0 bridgehead atoms. The molecule has 0 heterocycles. The Hall–Kier alpha value is -1.40. The predicted molar refractivity (Wildman–Crippen MR) is 68.3 cm³/mol. The van der Waals surface area contributed by atoms with Gasteiger partial charge in [-0.3, -0.25) is 5.41 Å². The molecule has 1 atom stereocenters. The fraction of sp³-hybridized carbons (Fsp3) is 0.364. The fourth-order valence-corrected chi connectivity index (χ4v) is 2.74. The first-order valence-corrected chi connectivity index (χ1v) is 7.00. The maximum absolute atomic E-state index is 11.7. The zero-order chi connectivity index (χ0) is 12.9. The summed E-state index contributed by atoms with van der Waals surface area (Å²) in [7, 11) is -3.39. The number of hydrogen-bond donors (Lipinski definition) is 3. The van der Waals surface area contributed by atoms with E-state index < -0.39 is 16.1 Å². The average molecular weight is 255 g/mol. The van der Waals surface area contributed by atoms with E-state index in [4.69, 9.17) is 11.1 Å². The van der Waals surface area contributed by atoms with Gasteiger partial charge in [-0.05, 0) is 12.0 Å². The van der Waals surface area contributed by atoms with E-state index >= 15 is 0 Å². The van der Waals surface area contributed by atoms with Crippen LogP contribution in [0.15, 0.2) is 30.3 Å². The van der Waals surface area contributed by atoms with E-state index in [9.17, 15) is 8.42 Å². The monoisotopic (exact) mass is 255 g/mol. The second kappa shape index (κ2) is 5.79. The number of nitrogens with two attached hydrogens (primary N) is 1. The highest BCUT2D eigenvalue weighted by Crippen LogP contribution is 2.13. The van der Waals surface area contributed by atoms with Crippen LogP contribution >= 0.6 is 0 Å². The van der Waals surface area contributed by atoms with Gasteiger partial charge in [0.15, 0.2) is 0 Å². The molecule has 0 amide bonds. The number of rotatable bonds is 6. The maximum atomic E-state index is 11.7. The number of benzene rings is 1. The smallest absolute Gasteiger partial charge is 0.212 e. The summed E-state index contributed by atoms with van der Waals surface area (Å²) in [6, 6.07) is 8.06. The molecular weight excluding hydrogens is 238 g/mol. The molecule has 1 aromatic rings. The number of amidine groups is 1. The molecule has 0 radical (unpaired) electrons. The second-order valence-corrected chi connectivity index (χ2v) is 5.61. The SMILES string of the molecule is CCCS(=O)(=O)NC(C(=N)N)c1ccccc1. The minimum absolute atomic E-state index is 0.0314. The lowest BCUT2D eigenvalue weighted by atomic mass is 10.1. The third-order valence-corrected chi connectivity index (χ3v) is 3.75. The Labute approximate surface area is 102 Å². The lowest BCUT2D eigenvalue weighted by molar-refractivity contribution is 0.575. The average Bonchev–Trinajstić information content (AvgIpc) is 2.27. The molecule has 0 aliphatic heterocycles.